The van der Waals surface area contributed by atoms with E-state index in [0.717, 1.165) is 50.9 Å². The smallest absolute Gasteiger partial charge is 0.191 e. The predicted molar refractivity (Wildman–Crippen MR) is 109 cm³/mol. The van der Waals surface area contributed by atoms with Crippen LogP contribution in [0, 0.1) is 0 Å². The highest BCUT2D eigenvalue weighted by Gasteiger charge is 2.12. The molecule has 0 aromatic heterocycles. The Hall–Kier alpha value is -0.670. The van der Waals surface area contributed by atoms with E-state index >= 15 is 0 Å². The maximum atomic E-state index is 6.09. The van der Waals surface area contributed by atoms with Crippen LogP contribution in [0.2, 0.25) is 0 Å². The lowest BCUT2D eigenvalue weighted by molar-refractivity contribution is 0.122. The lowest BCUT2D eigenvalue weighted by Crippen LogP contribution is -2.42. The molecule has 128 valence electrons. The van der Waals surface area contributed by atoms with Crippen LogP contribution >= 0.6 is 35.7 Å². The van der Waals surface area contributed by atoms with Crippen molar-refractivity contribution < 1.29 is 4.74 Å². The first-order valence-electron chi connectivity index (χ1n) is 7.87. The summed E-state index contributed by atoms with van der Waals surface area (Å²) in [4.78, 5) is 9.07. The van der Waals surface area contributed by atoms with Crippen LogP contribution in [-0.4, -0.2) is 61.8 Å². The van der Waals surface area contributed by atoms with E-state index in [-0.39, 0.29) is 24.0 Å². The number of ether oxygens (including phenoxy) is 1. The fourth-order valence-corrected chi connectivity index (χ4v) is 3.60. The summed E-state index contributed by atoms with van der Waals surface area (Å²) in [6, 6.07) is 8.63. The molecule has 1 aromatic rings. The van der Waals surface area contributed by atoms with Crippen LogP contribution in [-0.2, 0) is 11.3 Å². The third kappa shape index (κ3) is 5.42. The van der Waals surface area contributed by atoms with Crippen molar-refractivity contribution in [1.82, 2.24) is 4.90 Å². The van der Waals surface area contributed by atoms with Crippen molar-refractivity contribution >= 4 is 47.4 Å². The number of anilines is 1. The third-order valence-electron chi connectivity index (χ3n) is 4.07. The Kier molecular flexibility index (Phi) is 7.78. The Balaban J connectivity index is 0.00000192. The van der Waals surface area contributed by atoms with Crippen molar-refractivity contribution in [2.75, 3.05) is 55.8 Å². The highest BCUT2D eigenvalue weighted by atomic mass is 127. The molecule has 2 heterocycles. The summed E-state index contributed by atoms with van der Waals surface area (Å²) >= 11 is 1.98. The molecule has 2 N–H and O–H groups in total. The van der Waals surface area contributed by atoms with Crippen molar-refractivity contribution in [2.24, 2.45) is 10.7 Å². The summed E-state index contributed by atoms with van der Waals surface area (Å²) in [5.74, 6) is 2.96. The minimum absolute atomic E-state index is 0. The number of aliphatic imine (C=N–C) groups is 1. The first-order valence-corrected chi connectivity index (χ1v) is 9.02. The number of morpholine rings is 1. The second kappa shape index (κ2) is 9.58. The summed E-state index contributed by atoms with van der Waals surface area (Å²) in [5, 5.41) is 0. The van der Waals surface area contributed by atoms with Crippen LogP contribution in [0.5, 0.6) is 0 Å². The lowest BCUT2D eigenvalue weighted by atomic mass is 10.2. The summed E-state index contributed by atoms with van der Waals surface area (Å²) < 4.78 is 5.39. The molecule has 2 aliphatic rings. The van der Waals surface area contributed by atoms with Gasteiger partial charge in [-0.2, -0.15) is 11.8 Å². The normalized spacial score (nSPS) is 19.4. The highest BCUT2D eigenvalue weighted by molar-refractivity contribution is 14.0. The number of nitrogens with zero attached hydrogens (tertiary/aromatic N) is 3. The number of halogens is 1. The molecule has 23 heavy (non-hydrogen) atoms. The van der Waals surface area contributed by atoms with Crippen molar-refractivity contribution in [1.29, 1.82) is 0 Å². The van der Waals surface area contributed by atoms with Gasteiger partial charge < -0.3 is 20.3 Å². The second-order valence-electron chi connectivity index (χ2n) is 5.54. The Morgan fingerprint density at radius 3 is 2.39 bits per heavy atom. The molecule has 2 aliphatic heterocycles. The van der Waals surface area contributed by atoms with Gasteiger partial charge in [0.15, 0.2) is 5.96 Å². The minimum atomic E-state index is 0. The molecular weight excluding hydrogens is 423 g/mol. The van der Waals surface area contributed by atoms with Gasteiger partial charge >= 0.3 is 0 Å². The van der Waals surface area contributed by atoms with Crippen molar-refractivity contribution in [2.45, 2.75) is 6.54 Å². The van der Waals surface area contributed by atoms with Gasteiger partial charge in [-0.3, -0.25) is 0 Å². The van der Waals surface area contributed by atoms with Crippen molar-refractivity contribution in [3.05, 3.63) is 29.8 Å². The first kappa shape index (κ1) is 18.7. The monoisotopic (exact) mass is 448 g/mol. The Morgan fingerprint density at radius 1 is 1.09 bits per heavy atom. The largest absolute Gasteiger partial charge is 0.378 e. The van der Waals surface area contributed by atoms with E-state index in [1.165, 1.54) is 11.3 Å². The average Bonchev–Trinajstić information content (AvgIpc) is 2.61. The SMILES string of the molecule is I.NC(=NCc1ccc(N2CCOCC2)cc1)N1CCSCC1. The van der Waals surface area contributed by atoms with Crippen molar-refractivity contribution in [3.63, 3.8) is 0 Å². The second-order valence-corrected chi connectivity index (χ2v) is 6.76. The molecule has 0 amide bonds. The van der Waals surface area contributed by atoms with E-state index in [1.807, 2.05) is 11.8 Å². The standard InChI is InChI=1S/C16H24N4OS.HI/c17-16(20-7-11-22-12-8-20)18-13-14-1-3-15(4-2-14)19-5-9-21-10-6-19;/h1-4H,5-13H2,(H2,17,18);1H. The molecule has 0 aliphatic carbocycles. The molecule has 5 nitrogen and oxygen atoms in total. The van der Waals surface area contributed by atoms with Gasteiger partial charge in [0.25, 0.3) is 0 Å². The number of thioether (sulfide) groups is 1. The van der Waals surface area contributed by atoms with Crippen LogP contribution < -0.4 is 10.6 Å². The van der Waals surface area contributed by atoms with Gasteiger partial charge in [-0.15, -0.1) is 24.0 Å². The van der Waals surface area contributed by atoms with Gasteiger partial charge in [0, 0.05) is 43.4 Å². The molecule has 0 atom stereocenters. The van der Waals surface area contributed by atoms with Crippen LogP contribution in [0.4, 0.5) is 5.69 Å². The zero-order valence-corrected chi connectivity index (χ0v) is 16.5. The van der Waals surface area contributed by atoms with Crippen LogP contribution in [0.25, 0.3) is 0 Å². The molecule has 0 spiro atoms. The number of nitrogens with two attached hydrogens (primary N) is 1. The van der Waals surface area contributed by atoms with Crippen LogP contribution in [0.3, 0.4) is 0 Å². The van der Waals surface area contributed by atoms with E-state index in [9.17, 15) is 0 Å². The zero-order valence-electron chi connectivity index (χ0n) is 13.3. The molecular formula is C16H25IN4OS. The van der Waals surface area contributed by atoms with E-state index in [1.54, 1.807) is 0 Å². The van der Waals surface area contributed by atoms with Crippen LogP contribution in [0.15, 0.2) is 29.3 Å². The third-order valence-corrected chi connectivity index (χ3v) is 5.01. The predicted octanol–water partition coefficient (Wildman–Crippen LogP) is 2.00. The molecule has 0 radical (unpaired) electrons. The van der Waals surface area contributed by atoms with Gasteiger partial charge in [-0.05, 0) is 17.7 Å². The summed E-state index contributed by atoms with van der Waals surface area (Å²) in [6.45, 7) is 6.24. The quantitative estimate of drug-likeness (QED) is 0.436. The van der Waals surface area contributed by atoms with E-state index < -0.39 is 0 Å². The molecule has 3 rings (SSSR count). The molecule has 1 aromatic carbocycles. The Morgan fingerprint density at radius 2 is 1.74 bits per heavy atom. The van der Waals surface area contributed by atoms with Crippen molar-refractivity contribution in [3.8, 4) is 0 Å². The van der Waals surface area contributed by atoms with Gasteiger partial charge in [-0.1, -0.05) is 12.1 Å². The molecule has 0 saturated carbocycles. The van der Waals surface area contributed by atoms with Crippen LogP contribution in [0.1, 0.15) is 5.56 Å². The number of hydrogen-bond acceptors (Lipinski definition) is 4. The van der Waals surface area contributed by atoms with Gasteiger partial charge in [0.2, 0.25) is 0 Å². The van der Waals surface area contributed by atoms with Gasteiger partial charge in [0.1, 0.15) is 0 Å². The first-order chi connectivity index (χ1) is 10.8. The van der Waals surface area contributed by atoms with E-state index in [2.05, 4.69) is 39.1 Å². The minimum Gasteiger partial charge on any atom is -0.378 e. The summed E-state index contributed by atoms with van der Waals surface area (Å²) in [6.07, 6.45) is 0. The molecule has 0 bridgehead atoms. The summed E-state index contributed by atoms with van der Waals surface area (Å²) in [7, 11) is 0. The van der Waals surface area contributed by atoms with Gasteiger partial charge in [-0.25, -0.2) is 4.99 Å². The molecule has 2 fully saturated rings. The lowest BCUT2D eigenvalue weighted by Gasteiger charge is -2.29. The maximum absolute atomic E-state index is 6.09. The Bertz CT molecular complexity index is 499. The fourth-order valence-electron chi connectivity index (χ4n) is 2.70. The Labute approximate surface area is 159 Å². The number of hydrogen-bond donors (Lipinski definition) is 1. The summed E-state index contributed by atoms with van der Waals surface area (Å²) in [5.41, 5.74) is 8.55. The highest BCUT2D eigenvalue weighted by Crippen LogP contribution is 2.17. The maximum Gasteiger partial charge on any atom is 0.191 e. The number of rotatable bonds is 3. The number of guanidine groups is 1. The van der Waals surface area contributed by atoms with Gasteiger partial charge in [0.05, 0.1) is 19.8 Å². The zero-order chi connectivity index (χ0) is 15.2. The van der Waals surface area contributed by atoms with E-state index in [0.29, 0.717) is 12.5 Å². The molecule has 2 saturated heterocycles. The molecule has 0 unspecified atom stereocenters. The number of benzene rings is 1. The topological polar surface area (TPSA) is 54.1 Å². The van der Waals surface area contributed by atoms with E-state index in [4.69, 9.17) is 10.5 Å². The average molecular weight is 448 g/mol. The molecule has 7 heteroatoms. The fraction of sp³-hybridized carbons (Fsp3) is 0.562.